The van der Waals surface area contributed by atoms with Crippen LogP contribution in [0, 0.1) is 4.77 Å². The standard InChI is InChI=1S/C26H34N3PS/c1-7-27(8-2)30(24-17-28(18(3)4)26(31)29(24)19(5)6)25-22-15-11-9-13-20(22)21-14-10-12-16-23(21)25/h9-19,25H,7-8H2,1-6H3. The van der Waals surface area contributed by atoms with E-state index < -0.39 is 8.07 Å². The summed E-state index contributed by atoms with van der Waals surface area (Å²) in [6, 6.07) is 18.7. The molecule has 1 atom stereocenters. The minimum Gasteiger partial charge on any atom is -0.321 e. The Balaban J connectivity index is 2.01. The van der Waals surface area contributed by atoms with Gasteiger partial charge >= 0.3 is 0 Å². The van der Waals surface area contributed by atoms with Crippen molar-refractivity contribution in [1.29, 1.82) is 0 Å². The molecule has 3 nitrogen and oxygen atoms in total. The van der Waals surface area contributed by atoms with Crippen molar-refractivity contribution < 1.29 is 0 Å². The fourth-order valence-electron chi connectivity index (χ4n) is 4.85. The lowest BCUT2D eigenvalue weighted by Gasteiger charge is -2.36. The van der Waals surface area contributed by atoms with E-state index in [4.69, 9.17) is 12.2 Å². The van der Waals surface area contributed by atoms with Crippen LogP contribution in [0.4, 0.5) is 0 Å². The average Bonchev–Trinajstić information content (AvgIpc) is 3.27. The third-order valence-electron chi connectivity index (χ3n) is 6.32. The van der Waals surface area contributed by atoms with Crippen molar-refractivity contribution in [2.24, 2.45) is 0 Å². The van der Waals surface area contributed by atoms with Gasteiger partial charge in [0.2, 0.25) is 0 Å². The molecule has 0 aliphatic heterocycles. The number of rotatable bonds is 7. The van der Waals surface area contributed by atoms with E-state index >= 15 is 0 Å². The molecule has 2 aromatic carbocycles. The van der Waals surface area contributed by atoms with Crippen molar-refractivity contribution >= 4 is 25.7 Å². The second-order valence-corrected chi connectivity index (χ2v) is 11.4. The summed E-state index contributed by atoms with van der Waals surface area (Å²) < 4.78 is 8.32. The first-order valence-electron chi connectivity index (χ1n) is 11.5. The Hall–Kier alpha value is -1.74. The van der Waals surface area contributed by atoms with Crippen LogP contribution >= 0.6 is 20.3 Å². The van der Waals surface area contributed by atoms with Gasteiger partial charge in [0.15, 0.2) is 4.77 Å². The quantitative estimate of drug-likeness (QED) is 0.276. The first-order chi connectivity index (χ1) is 14.9. The molecule has 31 heavy (non-hydrogen) atoms. The largest absolute Gasteiger partial charge is 0.321 e. The van der Waals surface area contributed by atoms with Crippen molar-refractivity contribution in [2.75, 3.05) is 13.1 Å². The maximum absolute atomic E-state index is 5.99. The number of aromatic nitrogens is 2. The number of nitrogens with zero attached hydrogens (tertiary/aromatic N) is 3. The third kappa shape index (κ3) is 3.73. The molecular formula is C26H34N3PS. The van der Waals surface area contributed by atoms with Crippen LogP contribution in [-0.2, 0) is 0 Å². The van der Waals surface area contributed by atoms with Gasteiger partial charge in [-0.15, -0.1) is 0 Å². The first-order valence-corrected chi connectivity index (χ1v) is 13.2. The molecular weight excluding hydrogens is 417 g/mol. The van der Waals surface area contributed by atoms with Crippen LogP contribution in [-0.4, -0.2) is 26.9 Å². The van der Waals surface area contributed by atoms with Crippen molar-refractivity contribution in [3.05, 3.63) is 70.6 Å². The fourth-order valence-corrected chi connectivity index (χ4v) is 8.75. The highest BCUT2D eigenvalue weighted by molar-refractivity contribution is 7.71. The SMILES string of the molecule is CCN(CC)P(c1cn(C(C)C)c(=S)n1C(C)C)C1c2ccccc2-c2ccccc21. The van der Waals surface area contributed by atoms with E-state index in [0.717, 1.165) is 17.9 Å². The van der Waals surface area contributed by atoms with Gasteiger partial charge in [-0.2, -0.15) is 0 Å². The van der Waals surface area contributed by atoms with E-state index in [-0.39, 0.29) is 0 Å². The summed E-state index contributed by atoms with van der Waals surface area (Å²) >= 11 is 5.99. The van der Waals surface area contributed by atoms with Gasteiger partial charge in [0, 0.05) is 32.0 Å². The number of benzene rings is 2. The van der Waals surface area contributed by atoms with Crippen LogP contribution in [0.3, 0.4) is 0 Å². The molecule has 5 heteroatoms. The summed E-state index contributed by atoms with van der Waals surface area (Å²) in [5.74, 6) is 0. The lowest BCUT2D eigenvalue weighted by molar-refractivity contribution is 0.503. The van der Waals surface area contributed by atoms with Crippen LogP contribution in [0.15, 0.2) is 54.7 Å². The van der Waals surface area contributed by atoms with Crippen molar-refractivity contribution in [1.82, 2.24) is 13.8 Å². The molecule has 0 radical (unpaired) electrons. The third-order valence-corrected chi connectivity index (χ3v) is 9.74. The Morgan fingerprint density at radius 3 is 1.84 bits per heavy atom. The summed E-state index contributed by atoms with van der Waals surface area (Å²) in [7, 11) is -0.658. The summed E-state index contributed by atoms with van der Waals surface area (Å²) in [6.07, 6.45) is 2.36. The first kappa shape index (κ1) is 22.5. The van der Waals surface area contributed by atoms with Crippen LogP contribution < -0.4 is 5.44 Å². The maximum atomic E-state index is 5.99. The molecule has 0 amide bonds. The Morgan fingerprint density at radius 1 is 0.871 bits per heavy atom. The summed E-state index contributed by atoms with van der Waals surface area (Å²) in [5, 5.41) is 0. The van der Waals surface area contributed by atoms with Crippen LogP contribution in [0.1, 0.15) is 70.4 Å². The summed E-state index contributed by atoms with van der Waals surface area (Å²) in [5.41, 5.74) is 7.44. The average molecular weight is 452 g/mol. The predicted molar refractivity (Wildman–Crippen MR) is 137 cm³/mol. The number of hydrogen-bond donors (Lipinski definition) is 0. The van der Waals surface area contributed by atoms with Gasteiger partial charge in [-0.3, -0.25) is 4.67 Å². The van der Waals surface area contributed by atoms with Gasteiger partial charge in [-0.05, 0) is 75.3 Å². The number of fused-ring (bicyclic) bond motifs is 3. The zero-order chi connectivity index (χ0) is 22.3. The second-order valence-electron chi connectivity index (χ2n) is 8.80. The van der Waals surface area contributed by atoms with Gasteiger partial charge in [-0.25, -0.2) is 0 Å². The van der Waals surface area contributed by atoms with Crippen LogP contribution in [0.25, 0.3) is 11.1 Å². The molecule has 0 saturated carbocycles. The Kier molecular flexibility index (Phi) is 6.53. The van der Waals surface area contributed by atoms with E-state index in [2.05, 4.69) is 110 Å². The number of hydrogen-bond acceptors (Lipinski definition) is 2. The molecule has 1 aromatic heterocycles. The van der Waals surface area contributed by atoms with Crippen molar-refractivity contribution in [3.63, 3.8) is 0 Å². The van der Waals surface area contributed by atoms with Crippen molar-refractivity contribution in [3.8, 4) is 11.1 Å². The molecule has 1 aliphatic carbocycles. The fraction of sp³-hybridized carbons (Fsp3) is 0.423. The molecule has 4 rings (SSSR count). The molecule has 0 fully saturated rings. The molecule has 1 heterocycles. The van der Waals surface area contributed by atoms with E-state index in [1.165, 1.54) is 27.7 Å². The minimum absolute atomic E-state index is 0.329. The minimum atomic E-state index is -0.658. The smallest absolute Gasteiger partial charge is 0.180 e. The second kappa shape index (κ2) is 9.02. The Bertz CT molecular complexity index is 1080. The summed E-state index contributed by atoms with van der Waals surface area (Å²) in [4.78, 5) is 0. The molecule has 1 unspecified atom stereocenters. The maximum Gasteiger partial charge on any atom is 0.180 e. The zero-order valence-corrected chi connectivity index (χ0v) is 21.3. The molecule has 164 valence electrons. The normalized spacial score (nSPS) is 14.5. The van der Waals surface area contributed by atoms with Crippen molar-refractivity contribution in [2.45, 2.75) is 59.3 Å². The molecule has 1 aliphatic rings. The monoisotopic (exact) mass is 451 g/mol. The van der Waals surface area contributed by atoms with E-state index in [1.807, 2.05) is 0 Å². The van der Waals surface area contributed by atoms with E-state index in [9.17, 15) is 0 Å². The predicted octanol–water partition coefficient (Wildman–Crippen LogP) is 7.31. The molecule has 0 spiro atoms. The van der Waals surface area contributed by atoms with Gasteiger partial charge in [0.25, 0.3) is 0 Å². The van der Waals surface area contributed by atoms with Gasteiger partial charge in [0.05, 0.1) is 5.44 Å². The van der Waals surface area contributed by atoms with Gasteiger partial charge in [0.1, 0.15) is 0 Å². The highest BCUT2D eigenvalue weighted by Gasteiger charge is 2.39. The molecule has 3 aromatic rings. The van der Waals surface area contributed by atoms with Gasteiger partial charge in [-0.1, -0.05) is 62.4 Å². The molecule has 0 N–H and O–H groups in total. The lowest BCUT2D eigenvalue weighted by atomic mass is 10.1. The van der Waals surface area contributed by atoms with Crippen LogP contribution in [0.2, 0.25) is 0 Å². The Morgan fingerprint density at radius 2 is 1.39 bits per heavy atom. The zero-order valence-electron chi connectivity index (χ0n) is 19.5. The molecule has 0 bridgehead atoms. The van der Waals surface area contributed by atoms with E-state index in [0.29, 0.717) is 17.7 Å². The molecule has 0 saturated heterocycles. The summed E-state index contributed by atoms with van der Waals surface area (Å²) in [6.45, 7) is 15.6. The van der Waals surface area contributed by atoms with E-state index in [1.54, 1.807) is 0 Å². The highest BCUT2D eigenvalue weighted by atomic mass is 32.1. The Labute approximate surface area is 193 Å². The highest BCUT2D eigenvalue weighted by Crippen LogP contribution is 2.62. The van der Waals surface area contributed by atoms with Gasteiger partial charge < -0.3 is 9.13 Å². The number of imidazole rings is 1. The lowest BCUT2D eigenvalue weighted by Crippen LogP contribution is -2.30. The topological polar surface area (TPSA) is 13.1 Å². The van der Waals surface area contributed by atoms with Crippen LogP contribution in [0.5, 0.6) is 0 Å².